The van der Waals surface area contributed by atoms with Gasteiger partial charge >= 0.3 is 0 Å². The molecule has 1 unspecified atom stereocenters. The summed E-state index contributed by atoms with van der Waals surface area (Å²) in [6.07, 6.45) is 6.04. The summed E-state index contributed by atoms with van der Waals surface area (Å²) in [7, 11) is 0. The molecule has 0 aliphatic carbocycles. The Bertz CT molecular complexity index is 244. The van der Waals surface area contributed by atoms with Crippen LogP contribution in [0.4, 0.5) is 0 Å². The molecule has 1 rings (SSSR count). The summed E-state index contributed by atoms with van der Waals surface area (Å²) in [4.78, 5) is 13.7. The Morgan fingerprint density at radius 2 is 2.27 bits per heavy atom. The molecule has 1 fully saturated rings. The van der Waals surface area contributed by atoms with E-state index in [0.29, 0.717) is 12.2 Å². The van der Waals surface area contributed by atoms with Gasteiger partial charge in [0.05, 0.1) is 12.1 Å². The first-order valence-electron chi connectivity index (χ1n) is 5.87. The van der Waals surface area contributed by atoms with Crippen LogP contribution in [0.5, 0.6) is 0 Å². The zero-order chi connectivity index (χ0) is 11.1. The number of carbonyl (C=O) groups is 1. The lowest BCUT2D eigenvalue weighted by Gasteiger charge is -2.33. The molecule has 0 N–H and O–H groups in total. The van der Waals surface area contributed by atoms with Crippen LogP contribution >= 0.6 is 0 Å². The van der Waals surface area contributed by atoms with Gasteiger partial charge in [-0.25, -0.2) is 0 Å². The first-order valence-corrected chi connectivity index (χ1v) is 5.87. The van der Waals surface area contributed by atoms with E-state index in [2.05, 4.69) is 11.0 Å². The summed E-state index contributed by atoms with van der Waals surface area (Å²) >= 11 is 0. The smallest absolute Gasteiger partial charge is 0.146 e. The van der Waals surface area contributed by atoms with Gasteiger partial charge in [-0.1, -0.05) is 6.42 Å². The quantitative estimate of drug-likeness (QED) is 0.650. The first-order chi connectivity index (χ1) is 7.25. The van der Waals surface area contributed by atoms with E-state index in [9.17, 15) is 4.79 Å². The summed E-state index contributed by atoms with van der Waals surface area (Å²) < 4.78 is 0. The molecule has 0 saturated carbocycles. The molecule has 15 heavy (non-hydrogen) atoms. The van der Waals surface area contributed by atoms with Crippen molar-refractivity contribution < 1.29 is 4.79 Å². The van der Waals surface area contributed by atoms with E-state index in [1.54, 1.807) is 6.92 Å². The third-order valence-electron chi connectivity index (χ3n) is 3.07. The van der Waals surface area contributed by atoms with Crippen molar-refractivity contribution in [3.8, 4) is 6.07 Å². The number of carbonyl (C=O) groups excluding carboxylic acids is 1. The van der Waals surface area contributed by atoms with Gasteiger partial charge in [0, 0.05) is 6.42 Å². The molecule has 1 aliphatic rings. The molecule has 1 saturated heterocycles. The van der Waals surface area contributed by atoms with Crippen LogP contribution < -0.4 is 0 Å². The fourth-order valence-electron chi connectivity index (χ4n) is 2.24. The van der Waals surface area contributed by atoms with E-state index in [0.717, 1.165) is 32.4 Å². The van der Waals surface area contributed by atoms with E-state index >= 15 is 0 Å². The molecule has 0 aromatic heterocycles. The molecule has 1 atom stereocenters. The highest BCUT2D eigenvalue weighted by molar-refractivity contribution is 5.81. The molecule has 84 valence electrons. The number of nitriles is 1. The van der Waals surface area contributed by atoms with Crippen molar-refractivity contribution in [1.29, 1.82) is 5.26 Å². The maximum absolute atomic E-state index is 11.4. The fraction of sp³-hybridized carbons (Fsp3) is 0.833. The lowest BCUT2D eigenvalue weighted by molar-refractivity contribution is -0.123. The molecule has 0 amide bonds. The fourth-order valence-corrected chi connectivity index (χ4v) is 2.24. The first kappa shape index (κ1) is 12.2. The number of unbranched alkanes of at least 4 members (excludes halogenated alkanes) is 2. The Kier molecular flexibility index (Phi) is 5.34. The summed E-state index contributed by atoms with van der Waals surface area (Å²) in [5.41, 5.74) is 0. The molecule has 1 heterocycles. The van der Waals surface area contributed by atoms with Crippen LogP contribution in [0.15, 0.2) is 0 Å². The Labute approximate surface area is 92.1 Å². The normalized spacial score (nSPS) is 22.3. The number of nitrogens with zero attached hydrogens (tertiary/aromatic N) is 2. The summed E-state index contributed by atoms with van der Waals surface area (Å²) in [5, 5.41) is 8.43. The molecule has 1 aliphatic heterocycles. The number of Topliss-reactive ketones (excluding diaryl/α,β-unsaturated/α-hetero) is 1. The van der Waals surface area contributed by atoms with Crippen LogP contribution in [0.25, 0.3) is 0 Å². The van der Waals surface area contributed by atoms with Crippen molar-refractivity contribution in [1.82, 2.24) is 4.90 Å². The largest absolute Gasteiger partial charge is 0.298 e. The van der Waals surface area contributed by atoms with Gasteiger partial charge in [-0.15, -0.1) is 0 Å². The predicted molar refractivity (Wildman–Crippen MR) is 59.4 cm³/mol. The number of rotatable bonds is 5. The van der Waals surface area contributed by atoms with Gasteiger partial charge in [0.2, 0.25) is 0 Å². The maximum Gasteiger partial charge on any atom is 0.146 e. The van der Waals surface area contributed by atoms with Gasteiger partial charge in [0.15, 0.2) is 0 Å². The van der Waals surface area contributed by atoms with Crippen LogP contribution in [0, 0.1) is 11.3 Å². The third-order valence-corrected chi connectivity index (χ3v) is 3.07. The zero-order valence-electron chi connectivity index (χ0n) is 9.54. The Hall–Kier alpha value is -0.880. The topological polar surface area (TPSA) is 44.1 Å². The summed E-state index contributed by atoms with van der Waals surface area (Å²) in [6.45, 7) is 3.72. The third kappa shape index (κ3) is 4.01. The van der Waals surface area contributed by atoms with E-state index < -0.39 is 0 Å². The second kappa shape index (κ2) is 6.58. The van der Waals surface area contributed by atoms with Crippen LogP contribution in [0.2, 0.25) is 0 Å². The average molecular weight is 208 g/mol. The second-order valence-electron chi connectivity index (χ2n) is 4.27. The van der Waals surface area contributed by atoms with Gasteiger partial charge in [0.1, 0.15) is 5.78 Å². The highest BCUT2D eigenvalue weighted by Gasteiger charge is 2.24. The molecule has 0 aromatic rings. The molecule has 0 spiro atoms. The van der Waals surface area contributed by atoms with E-state index in [4.69, 9.17) is 5.26 Å². The Balaban J connectivity index is 2.30. The van der Waals surface area contributed by atoms with E-state index in [1.165, 1.54) is 12.8 Å². The maximum atomic E-state index is 11.4. The molecule has 0 radical (unpaired) electrons. The minimum atomic E-state index is 0.154. The average Bonchev–Trinajstić information content (AvgIpc) is 2.25. The lowest BCUT2D eigenvalue weighted by atomic mass is 9.99. The lowest BCUT2D eigenvalue weighted by Crippen LogP contribution is -2.44. The SMILES string of the molecule is CC(=O)C1CCCCN1CCCCC#N. The minimum Gasteiger partial charge on any atom is -0.298 e. The van der Waals surface area contributed by atoms with Crippen molar-refractivity contribution in [2.75, 3.05) is 13.1 Å². The van der Waals surface area contributed by atoms with Gasteiger partial charge in [-0.3, -0.25) is 9.69 Å². The predicted octanol–water partition coefficient (Wildman–Crippen LogP) is 2.12. The Morgan fingerprint density at radius 3 is 2.93 bits per heavy atom. The van der Waals surface area contributed by atoms with Gasteiger partial charge in [-0.05, 0) is 45.7 Å². The molecule has 3 heteroatoms. The van der Waals surface area contributed by atoms with Crippen LogP contribution in [0.3, 0.4) is 0 Å². The second-order valence-corrected chi connectivity index (χ2v) is 4.27. The van der Waals surface area contributed by atoms with Crippen molar-refractivity contribution in [2.45, 2.75) is 51.5 Å². The number of likely N-dealkylation sites (tertiary alicyclic amines) is 1. The zero-order valence-corrected chi connectivity index (χ0v) is 9.54. The van der Waals surface area contributed by atoms with E-state index in [-0.39, 0.29) is 6.04 Å². The van der Waals surface area contributed by atoms with Crippen molar-refractivity contribution in [3.05, 3.63) is 0 Å². The standard InChI is InChI=1S/C12H20N2O/c1-11(15)12-7-3-6-10-14(12)9-5-2-4-8-13/h12H,2-7,9-10H2,1H3. The highest BCUT2D eigenvalue weighted by atomic mass is 16.1. The number of hydrogen-bond donors (Lipinski definition) is 0. The van der Waals surface area contributed by atoms with E-state index in [1.807, 2.05) is 0 Å². The minimum absolute atomic E-state index is 0.154. The summed E-state index contributed by atoms with van der Waals surface area (Å²) in [6, 6.07) is 2.31. The highest BCUT2D eigenvalue weighted by Crippen LogP contribution is 2.18. The molecular formula is C12H20N2O. The molecular weight excluding hydrogens is 188 g/mol. The monoisotopic (exact) mass is 208 g/mol. The van der Waals surface area contributed by atoms with Crippen molar-refractivity contribution in [2.24, 2.45) is 0 Å². The summed E-state index contributed by atoms with van der Waals surface area (Å²) in [5.74, 6) is 0.301. The van der Waals surface area contributed by atoms with Crippen LogP contribution in [-0.4, -0.2) is 29.8 Å². The molecule has 0 bridgehead atoms. The van der Waals surface area contributed by atoms with Crippen molar-refractivity contribution >= 4 is 5.78 Å². The van der Waals surface area contributed by atoms with Gasteiger partial charge in [-0.2, -0.15) is 5.26 Å². The van der Waals surface area contributed by atoms with Crippen LogP contribution in [0.1, 0.15) is 45.4 Å². The number of piperidine rings is 1. The van der Waals surface area contributed by atoms with Crippen molar-refractivity contribution in [3.63, 3.8) is 0 Å². The molecule has 0 aromatic carbocycles. The van der Waals surface area contributed by atoms with Crippen LogP contribution in [-0.2, 0) is 4.79 Å². The van der Waals surface area contributed by atoms with Gasteiger partial charge in [0.25, 0.3) is 0 Å². The Morgan fingerprint density at radius 1 is 1.47 bits per heavy atom. The number of hydrogen-bond acceptors (Lipinski definition) is 3. The molecule has 3 nitrogen and oxygen atoms in total. The van der Waals surface area contributed by atoms with Gasteiger partial charge < -0.3 is 0 Å². The number of ketones is 1.